The number of carboxylic acid groups (broad SMARTS) is 1. The molecule has 0 saturated heterocycles. The van der Waals surface area contributed by atoms with Gasteiger partial charge in [0.05, 0.1) is 43.3 Å². The van der Waals surface area contributed by atoms with Gasteiger partial charge >= 0.3 is 5.97 Å². The number of nitrogens with zero attached hydrogens (tertiary/aromatic N) is 3. The highest BCUT2D eigenvalue weighted by Gasteiger charge is 2.23. The van der Waals surface area contributed by atoms with E-state index in [0.29, 0.717) is 22.8 Å². The molecule has 2 rings (SSSR count). The Kier molecular flexibility index (Phi) is 9.57. The number of ether oxygens (including phenoxy) is 2. The molecule has 0 aliphatic carbocycles. The summed E-state index contributed by atoms with van der Waals surface area (Å²) < 4.78 is 36.3. The van der Waals surface area contributed by atoms with Crippen molar-refractivity contribution in [3.05, 3.63) is 41.6 Å². The Hall–Kier alpha value is -3.22. The molecule has 0 unspecified atom stereocenters. The van der Waals surface area contributed by atoms with E-state index in [-0.39, 0.29) is 24.2 Å². The number of benzene rings is 1. The Morgan fingerprint density at radius 3 is 2.26 bits per heavy atom. The molecule has 0 amide bonds. The monoisotopic (exact) mass is 509 g/mol. The highest BCUT2D eigenvalue weighted by atomic mass is 32.2. The van der Waals surface area contributed by atoms with Crippen LogP contribution in [0.2, 0.25) is 0 Å². The van der Waals surface area contributed by atoms with E-state index < -0.39 is 34.6 Å². The fourth-order valence-corrected chi connectivity index (χ4v) is 3.40. The molecular formula is C23H31N3O8S. The molecule has 2 aromatic rings. The van der Waals surface area contributed by atoms with Gasteiger partial charge in [0.2, 0.25) is 21.9 Å². The predicted octanol–water partition coefficient (Wildman–Crippen LogP) is 2.40. The van der Waals surface area contributed by atoms with Crippen LogP contribution in [0.5, 0.6) is 17.4 Å². The molecule has 0 bridgehead atoms. The molecule has 0 radical (unpaired) electrons. The van der Waals surface area contributed by atoms with Gasteiger partial charge in [-0.25, -0.2) is 17.7 Å². The van der Waals surface area contributed by atoms with Crippen molar-refractivity contribution in [3.8, 4) is 17.4 Å². The number of carboxylic acids is 1. The fourth-order valence-electron chi connectivity index (χ4n) is 3.02. The first-order valence-corrected chi connectivity index (χ1v) is 12.6. The van der Waals surface area contributed by atoms with Crippen LogP contribution in [0.4, 0.5) is 5.95 Å². The molecular weight excluding hydrogens is 478 g/mol. The molecule has 1 heterocycles. The number of rotatable bonds is 12. The maximum Gasteiger partial charge on any atom is 0.305 e. The van der Waals surface area contributed by atoms with Gasteiger partial charge in [0, 0.05) is 13.5 Å². The van der Waals surface area contributed by atoms with E-state index in [1.165, 1.54) is 26.3 Å². The highest BCUT2D eigenvalue weighted by Crippen LogP contribution is 2.33. The number of anilines is 1. The van der Waals surface area contributed by atoms with Gasteiger partial charge in [0.25, 0.3) is 0 Å². The Morgan fingerprint density at radius 1 is 1.14 bits per heavy atom. The molecule has 3 N–H and O–H groups in total. The van der Waals surface area contributed by atoms with Gasteiger partial charge in [-0.05, 0) is 36.3 Å². The number of hydrogen-bond acceptors (Lipinski definition) is 9. The van der Waals surface area contributed by atoms with E-state index >= 15 is 0 Å². The molecule has 1 aromatic heterocycles. The highest BCUT2D eigenvalue weighted by molar-refractivity contribution is 7.92. The van der Waals surface area contributed by atoms with E-state index in [1.807, 2.05) is 13.8 Å². The van der Waals surface area contributed by atoms with Crippen LogP contribution in [0.15, 0.2) is 30.3 Å². The molecule has 0 fully saturated rings. The molecule has 35 heavy (non-hydrogen) atoms. The van der Waals surface area contributed by atoms with Crippen molar-refractivity contribution in [1.82, 2.24) is 9.97 Å². The van der Waals surface area contributed by atoms with Crippen LogP contribution in [0, 0.1) is 0 Å². The normalized spacial score (nSPS) is 13.6. The molecule has 12 heteroatoms. The first-order chi connectivity index (χ1) is 16.3. The van der Waals surface area contributed by atoms with Gasteiger partial charge in [-0.15, -0.1) is 0 Å². The third-order valence-corrected chi connectivity index (χ3v) is 6.10. The van der Waals surface area contributed by atoms with Crippen molar-refractivity contribution in [2.24, 2.45) is 0 Å². The number of aromatic nitrogens is 2. The lowest BCUT2D eigenvalue weighted by Crippen LogP contribution is -2.27. The van der Waals surface area contributed by atoms with Crippen LogP contribution in [0.1, 0.15) is 43.9 Å². The van der Waals surface area contributed by atoms with Crippen molar-refractivity contribution in [1.29, 1.82) is 0 Å². The van der Waals surface area contributed by atoms with E-state index in [1.54, 1.807) is 24.3 Å². The van der Waals surface area contributed by atoms with Gasteiger partial charge in [-0.3, -0.25) is 4.79 Å². The second-order valence-corrected chi connectivity index (χ2v) is 10.2. The Balaban J connectivity index is 2.54. The van der Waals surface area contributed by atoms with Crippen molar-refractivity contribution in [2.45, 2.75) is 44.8 Å². The molecule has 0 spiro atoms. The SMILES string of the molecule is COc1ccc(Oc2nc(N(C)S(C)(=O)=O)nc(C(C)C)c2/C=C/[C@@H](O)C[C@@H](O)CC(=O)O)cc1. The van der Waals surface area contributed by atoms with Crippen molar-refractivity contribution < 1.29 is 38.0 Å². The summed E-state index contributed by atoms with van der Waals surface area (Å²) >= 11 is 0. The van der Waals surface area contributed by atoms with E-state index in [2.05, 4.69) is 9.97 Å². The second kappa shape index (κ2) is 12.0. The van der Waals surface area contributed by atoms with Gasteiger partial charge < -0.3 is 24.8 Å². The summed E-state index contributed by atoms with van der Waals surface area (Å²) in [6.07, 6.45) is 0.841. The first kappa shape index (κ1) is 28.0. The fraction of sp³-hybridized carbons (Fsp3) is 0.435. The average molecular weight is 510 g/mol. The van der Waals surface area contributed by atoms with Crippen LogP contribution < -0.4 is 13.8 Å². The lowest BCUT2D eigenvalue weighted by atomic mass is 10.0. The van der Waals surface area contributed by atoms with Crippen LogP contribution in [0.3, 0.4) is 0 Å². The minimum absolute atomic E-state index is 0.0499. The van der Waals surface area contributed by atoms with Crippen molar-refractivity contribution in [3.63, 3.8) is 0 Å². The van der Waals surface area contributed by atoms with Crippen LogP contribution in [-0.2, 0) is 14.8 Å². The standard InChI is InChI=1S/C23H31N3O8S/c1-14(2)21-19(11-6-15(27)12-16(28)13-20(29)30)22(25-23(24-21)26(3)35(5,31)32)34-18-9-7-17(33-4)8-10-18/h6-11,14-16,27-28H,12-13H2,1-5H3,(H,29,30)/b11-6+/t15-,16-/m1/s1. The van der Waals surface area contributed by atoms with E-state index in [4.69, 9.17) is 14.6 Å². The molecule has 2 atom stereocenters. The molecule has 192 valence electrons. The van der Waals surface area contributed by atoms with Gasteiger partial charge in [-0.2, -0.15) is 4.98 Å². The maximum absolute atomic E-state index is 12.1. The number of hydrogen-bond donors (Lipinski definition) is 3. The smallest absolute Gasteiger partial charge is 0.305 e. The summed E-state index contributed by atoms with van der Waals surface area (Å²) in [4.78, 5) is 19.5. The zero-order valence-corrected chi connectivity index (χ0v) is 21.1. The molecule has 11 nitrogen and oxygen atoms in total. The molecule has 1 aromatic carbocycles. The molecule has 0 aliphatic heterocycles. The largest absolute Gasteiger partial charge is 0.497 e. The van der Waals surface area contributed by atoms with Gasteiger partial charge in [0.1, 0.15) is 11.5 Å². The van der Waals surface area contributed by atoms with Gasteiger partial charge in [0.15, 0.2) is 0 Å². The number of methoxy groups -OCH3 is 1. The number of aliphatic hydroxyl groups excluding tert-OH is 2. The minimum Gasteiger partial charge on any atom is -0.497 e. The zero-order chi connectivity index (χ0) is 26.3. The summed E-state index contributed by atoms with van der Waals surface area (Å²) in [6.45, 7) is 3.71. The van der Waals surface area contributed by atoms with Crippen molar-refractivity contribution >= 4 is 28.0 Å². The quantitative estimate of drug-likeness (QED) is 0.388. The lowest BCUT2D eigenvalue weighted by Gasteiger charge is -2.20. The number of aliphatic hydroxyl groups is 2. The van der Waals surface area contributed by atoms with Crippen LogP contribution in [0.25, 0.3) is 6.08 Å². The van der Waals surface area contributed by atoms with E-state index in [0.717, 1.165) is 10.6 Å². The third-order valence-electron chi connectivity index (χ3n) is 4.94. The first-order valence-electron chi connectivity index (χ1n) is 10.8. The van der Waals surface area contributed by atoms with Crippen LogP contribution >= 0.6 is 0 Å². The average Bonchev–Trinajstić information content (AvgIpc) is 2.76. The Bertz CT molecular complexity index is 1150. The zero-order valence-electron chi connectivity index (χ0n) is 20.2. The molecule has 0 aliphatic rings. The number of aliphatic carboxylic acids is 1. The number of carbonyl (C=O) groups is 1. The summed E-state index contributed by atoms with van der Waals surface area (Å²) in [5, 5.41) is 28.9. The lowest BCUT2D eigenvalue weighted by molar-refractivity contribution is -0.139. The molecule has 0 saturated carbocycles. The summed E-state index contributed by atoms with van der Waals surface area (Å²) in [5.41, 5.74) is 0.858. The number of sulfonamides is 1. The Morgan fingerprint density at radius 2 is 1.74 bits per heavy atom. The van der Waals surface area contributed by atoms with E-state index in [9.17, 15) is 23.4 Å². The van der Waals surface area contributed by atoms with Gasteiger partial charge in [-0.1, -0.05) is 19.9 Å². The van der Waals surface area contributed by atoms with Crippen LogP contribution in [-0.4, -0.2) is 72.3 Å². The van der Waals surface area contributed by atoms with Crippen molar-refractivity contribution in [2.75, 3.05) is 24.7 Å². The minimum atomic E-state index is -3.66. The Labute approximate surface area is 204 Å². The summed E-state index contributed by atoms with van der Waals surface area (Å²) in [5.74, 6) is -0.381. The summed E-state index contributed by atoms with van der Waals surface area (Å²) in [6, 6.07) is 6.68. The second-order valence-electron chi connectivity index (χ2n) is 8.20. The maximum atomic E-state index is 12.1. The predicted molar refractivity (Wildman–Crippen MR) is 130 cm³/mol. The topological polar surface area (TPSA) is 159 Å². The third kappa shape index (κ3) is 8.19. The summed E-state index contributed by atoms with van der Waals surface area (Å²) in [7, 11) is -0.796.